The molecule has 0 saturated carbocycles. The SMILES string of the molecule is CCCO[Si](C)(CCCS(=O)(=O)N=[N+]=[N-])OCCC. The summed E-state index contributed by atoms with van der Waals surface area (Å²) < 4.78 is 36.9. The smallest absolute Gasteiger partial charge is 0.334 e. The van der Waals surface area contributed by atoms with Gasteiger partial charge in [0.05, 0.1) is 5.75 Å². The molecule has 0 heterocycles. The van der Waals surface area contributed by atoms with Crippen molar-refractivity contribution in [1.29, 1.82) is 0 Å². The van der Waals surface area contributed by atoms with Crippen molar-refractivity contribution in [3.8, 4) is 0 Å². The van der Waals surface area contributed by atoms with Crippen LogP contribution in [-0.2, 0) is 18.9 Å². The molecule has 0 aromatic carbocycles. The minimum Gasteiger partial charge on any atom is -0.394 e. The van der Waals surface area contributed by atoms with Gasteiger partial charge in [-0.05, 0) is 37.4 Å². The Morgan fingerprint density at radius 1 is 1.21 bits per heavy atom. The summed E-state index contributed by atoms with van der Waals surface area (Å²) in [5, 5.41) is 0. The van der Waals surface area contributed by atoms with Crippen LogP contribution in [0.5, 0.6) is 0 Å². The Labute approximate surface area is 116 Å². The molecule has 0 aromatic rings. The van der Waals surface area contributed by atoms with Gasteiger partial charge in [-0.3, -0.25) is 0 Å². The molecule has 7 nitrogen and oxygen atoms in total. The molecule has 0 atom stereocenters. The van der Waals surface area contributed by atoms with Gasteiger partial charge in [0.25, 0.3) is 0 Å². The molecule has 19 heavy (non-hydrogen) atoms. The zero-order valence-electron chi connectivity index (χ0n) is 11.8. The second kappa shape index (κ2) is 9.32. The van der Waals surface area contributed by atoms with E-state index in [0.717, 1.165) is 12.8 Å². The molecule has 0 saturated heterocycles. The molecule has 0 unspecified atom stereocenters. The van der Waals surface area contributed by atoms with Crippen molar-refractivity contribution < 1.29 is 17.3 Å². The van der Waals surface area contributed by atoms with Crippen LogP contribution in [0.3, 0.4) is 0 Å². The minimum atomic E-state index is -3.68. The Morgan fingerprint density at radius 2 is 1.74 bits per heavy atom. The van der Waals surface area contributed by atoms with Crippen molar-refractivity contribution >= 4 is 18.6 Å². The van der Waals surface area contributed by atoms with E-state index >= 15 is 0 Å². The fourth-order valence-electron chi connectivity index (χ4n) is 1.49. The van der Waals surface area contributed by atoms with Gasteiger partial charge in [-0.15, -0.1) is 0 Å². The highest BCUT2D eigenvalue weighted by Crippen LogP contribution is 2.17. The second-order valence-electron chi connectivity index (χ2n) is 4.39. The Balaban J connectivity index is 4.36. The first-order chi connectivity index (χ1) is 8.89. The molecule has 0 amide bonds. The van der Waals surface area contributed by atoms with Gasteiger partial charge in [0.2, 0.25) is 10.0 Å². The predicted molar refractivity (Wildman–Crippen MR) is 76.5 cm³/mol. The Kier molecular flexibility index (Phi) is 9.03. The monoisotopic (exact) mass is 309 g/mol. The van der Waals surface area contributed by atoms with Crippen LogP contribution in [0.2, 0.25) is 12.6 Å². The van der Waals surface area contributed by atoms with Crippen molar-refractivity contribution in [2.24, 2.45) is 4.52 Å². The number of hydrogen-bond donors (Lipinski definition) is 0. The van der Waals surface area contributed by atoms with Gasteiger partial charge in [-0.25, -0.2) is 8.42 Å². The molecule has 0 aliphatic heterocycles. The van der Waals surface area contributed by atoms with Crippen LogP contribution in [0.4, 0.5) is 0 Å². The average Bonchev–Trinajstić information content (AvgIpc) is 2.34. The third kappa shape index (κ3) is 9.01. The number of rotatable bonds is 11. The van der Waals surface area contributed by atoms with Gasteiger partial charge in [-0.2, -0.15) is 0 Å². The highest BCUT2D eigenvalue weighted by molar-refractivity contribution is 7.89. The molecule has 0 aromatic heterocycles. The molecule has 0 radical (unpaired) electrons. The molecule has 0 fully saturated rings. The summed E-state index contributed by atoms with van der Waals surface area (Å²) >= 11 is 0. The quantitative estimate of drug-likeness (QED) is 0.253. The van der Waals surface area contributed by atoms with Gasteiger partial charge < -0.3 is 8.85 Å². The lowest BCUT2D eigenvalue weighted by Crippen LogP contribution is -2.39. The van der Waals surface area contributed by atoms with Gasteiger partial charge >= 0.3 is 8.56 Å². The highest BCUT2D eigenvalue weighted by atomic mass is 32.2. The largest absolute Gasteiger partial charge is 0.394 e. The van der Waals surface area contributed by atoms with E-state index in [2.05, 4.69) is 9.43 Å². The summed E-state index contributed by atoms with van der Waals surface area (Å²) in [6.07, 6.45) is 2.18. The zero-order valence-corrected chi connectivity index (χ0v) is 13.6. The summed E-state index contributed by atoms with van der Waals surface area (Å²) in [5.74, 6) is -0.162. The summed E-state index contributed by atoms with van der Waals surface area (Å²) in [4.78, 5) is 2.31. The van der Waals surface area contributed by atoms with Gasteiger partial charge in [0, 0.05) is 22.6 Å². The van der Waals surface area contributed by atoms with Crippen LogP contribution >= 0.6 is 0 Å². The van der Waals surface area contributed by atoms with E-state index in [1.165, 1.54) is 0 Å². The standard InChI is InChI=1S/C10H23N3O4SSi/c1-4-7-16-19(3,17-8-5-2)10-6-9-18(14,15)13-12-11/h4-10H2,1-3H3. The lowest BCUT2D eigenvalue weighted by Gasteiger charge is -2.26. The van der Waals surface area contributed by atoms with E-state index in [-0.39, 0.29) is 5.75 Å². The van der Waals surface area contributed by atoms with Crippen LogP contribution in [0, 0.1) is 0 Å². The van der Waals surface area contributed by atoms with E-state index < -0.39 is 18.6 Å². The van der Waals surface area contributed by atoms with E-state index in [0.29, 0.717) is 25.7 Å². The maximum absolute atomic E-state index is 11.3. The first-order valence-electron chi connectivity index (χ1n) is 6.46. The van der Waals surface area contributed by atoms with Gasteiger partial charge in [0.1, 0.15) is 0 Å². The third-order valence-corrected chi connectivity index (χ3v) is 6.43. The maximum atomic E-state index is 11.3. The predicted octanol–water partition coefficient (Wildman–Crippen LogP) is 2.94. The topological polar surface area (TPSA) is 101 Å². The number of sulfonamides is 1. The van der Waals surface area contributed by atoms with Crippen molar-refractivity contribution in [3.05, 3.63) is 10.4 Å². The molecular formula is C10H23N3O4SSi. The van der Waals surface area contributed by atoms with Crippen molar-refractivity contribution in [2.45, 2.75) is 45.7 Å². The summed E-state index contributed by atoms with van der Waals surface area (Å²) in [5.41, 5.74) is 8.13. The van der Waals surface area contributed by atoms with Crippen molar-refractivity contribution in [2.75, 3.05) is 19.0 Å². The molecule has 9 heteroatoms. The Hall–Kier alpha value is -0.603. The lowest BCUT2D eigenvalue weighted by molar-refractivity contribution is 0.173. The van der Waals surface area contributed by atoms with Crippen LogP contribution in [0.1, 0.15) is 33.1 Å². The van der Waals surface area contributed by atoms with Crippen molar-refractivity contribution in [1.82, 2.24) is 0 Å². The summed E-state index contributed by atoms with van der Waals surface area (Å²) in [7, 11) is -5.99. The second-order valence-corrected chi connectivity index (χ2v) is 9.47. The Bertz CT molecular complexity index is 388. The molecule has 0 spiro atoms. The highest BCUT2D eigenvalue weighted by Gasteiger charge is 2.31. The lowest BCUT2D eigenvalue weighted by atomic mass is 10.5. The van der Waals surface area contributed by atoms with E-state index in [4.69, 9.17) is 14.4 Å². The molecule has 0 aliphatic carbocycles. The molecule has 0 rings (SSSR count). The first kappa shape index (κ1) is 18.4. The minimum absolute atomic E-state index is 0.162. The normalized spacial score (nSPS) is 12.2. The first-order valence-corrected chi connectivity index (χ1v) is 10.6. The summed E-state index contributed by atoms with van der Waals surface area (Å²) in [6, 6.07) is 0.577. The fourth-order valence-corrected chi connectivity index (χ4v) is 4.92. The van der Waals surface area contributed by atoms with E-state index in [1.54, 1.807) is 0 Å². The average molecular weight is 309 g/mol. The van der Waals surface area contributed by atoms with Crippen molar-refractivity contribution in [3.63, 3.8) is 0 Å². The number of nitrogens with zero attached hydrogens (tertiary/aromatic N) is 3. The third-order valence-electron chi connectivity index (χ3n) is 2.42. The molecule has 112 valence electrons. The molecule has 0 bridgehead atoms. The zero-order chi connectivity index (χ0) is 14.8. The van der Waals surface area contributed by atoms with Crippen LogP contribution in [0.15, 0.2) is 4.52 Å². The van der Waals surface area contributed by atoms with Crippen LogP contribution in [0.25, 0.3) is 10.4 Å². The van der Waals surface area contributed by atoms with Crippen LogP contribution in [-0.4, -0.2) is 35.9 Å². The van der Waals surface area contributed by atoms with Gasteiger partial charge in [0.15, 0.2) is 0 Å². The molecular weight excluding hydrogens is 286 g/mol. The molecule has 0 aliphatic rings. The van der Waals surface area contributed by atoms with E-state index in [9.17, 15) is 8.42 Å². The van der Waals surface area contributed by atoms with Gasteiger partial charge in [-0.1, -0.05) is 13.8 Å². The summed E-state index contributed by atoms with van der Waals surface area (Å²) in [6.45, 7) is 7.21. The Morgan fingerprint density at radius 3 is 2.16 bits per heavy atom. The van der Waals surface area contributed by atoms with Crippen LogP contribution < -0.4 is 0 Å². The number of hydrogen-bond acceptors (Lipinski definition) is 4. The molecule has 0 N–H and O–H groups in total. The van der Waals surface area contributed by atoms with E-state index in [1.807, 2.05) is 20.4 Å². The number of azide groups is 1. The maximum Gasteiger partial charge on any atom is 0.334 e. The fraction of sp³-hybridized carbons (Fsp3) is 1.00.